The Bertz CT molecular complexity index is 1270. The van der Waals surface area contributed by atoms with Gasteiger partial charge >= 0.3 is 16.3 Å². The normalized spacial score (nSPS) is 20.4. The molecule has 1 aromatic rings. The van der Waals surface area contributed by atoms with Crippen LogP contribution < -0.4 is 11.1 Å². The number of anilines is 1. The van der Waals surface area contributed by atoms with Gasteiger partial charge in [0.1, 0.15) is 23.4 Å². The van der Waals surface area contributed by atoms with E-state index in [2.05, 4.69) is 15.5 Å². The van der Waals surface area contributed by atoms with Crippen LogP contribution in [0.15, 0.2) is 10.5 Å². The van der Waals surface area contributed by atoms with E-state index in [1.807, 2.05) is 0 Å². The van der Waals surface area contributed by atoms with E-state index in [4.69, 9.17) is 20.1 Å². The van der Waals surface area contributed by atoms with Gasteiger partial charge in [0.05, 0.1) is 6.61 Å². The van der Waals surface area contributed by atoms with Crippen molar-refractivity contribution in [3.63, 3.8) is 0 Å². The summed E-state index contributed by atoms with van der Waals surface area (Å²) >= 11 is 0.946. The monoisotopic (exact) mass is 576 g/mol. The summed E-state index contributed by atoms with van der Waals surface area (Å²) in [7, 11) is -5.08. The topological polar surface area (TPSA) is 237 Å². The highest BCUT2D eigenvalue weighted by Crippen LogP contribution is 2.25. The molecule has 4 N–H and O–H groups in total. The molecule has 3 rings (SSSR count). The molecule has 0 spiro atoms. The summed E-state index contributed by atoms with van der Waals surface area (Å²) < 4.78 is 37.9. The Morgan fingerprint density at radius 3 is 2.42 bits per heavy atom. The number of nitrogens with one attached hydrogen (secondary N) is 1. The molecule has 1 aromatic heterocycles. The smallest absolute Gasteiger partial charge is 0.362 e. The first-order valence-corrected chi connectivity index (χ1v) is 13.1. The number of ether oxygens (including phenoxy) is 1. The lowest BCUT2D eigenvalue weighted by molar-refractivity contribution is -0.195. The summed E-state index contributed by atoms with van der Waals surface area (Å²) in [5, 5.41) is 7.63. The van der Waals surface area contributed by atoms with Crippen LogP contribution in [0.25, 0.3) is 0 Å². The summed E-state index contributed by atoms with van der Waals surface area (Å²) in [5.74, 6) is -4.49. The van der Waals surface area contributed by atoms with E-state index >= 15 is 0 Å². The number of carbonyl (C=O) groups excluding carboxylic acids is 5. The zero-order valence-electron chi connectivity index (χ0n) is 20.3. The van der Waals surface area contributed by atoms with Crippen molar-refractivity contribution >= 4 is 62.1 Å². The highest BCUT2D eigenvalue weighted by molar-refractivity contribution is 7.84. The van der Waals surface area contributed by atoms with Crippen molar-refractivity contribution in [3.8, 4) is 0 Å². The fourth-order valence-electron chi connectivity index (χ4n) is 3.31. The number of nitrogen functional groups attached to an aromatic ring is 1. The van der Waals surface area contributed by atoms with E-state index < -0.39 is 76.5 Å². The first-order valence-electron chi connectivity index (χ1n) is 10.8. The number of amides is 4. The summed E-state index contributed by atoms with van der Waals surface area (Å²) in [4.78, 5) is 74.8. The van der Waals surface area contributed by atoms with Gasteiger partial charge in [0.2, 0.25) is 6.61 Å². The molecule has 208 valence electrons. The number of rotatable bonds is 10. The van der Waals surface area contributed by atoms with E-state index in [1.54, 1.807) is 20.8 Å². The zero-order chi connectivity index (χ0) is 28.4. The van der Waals surface area contributed by atoms with Gasteiger partial charge < -0.3 is 20.6 Å². The summed E-state index contributed by atoms with van der Waals surface area (Å²) in [5.41, 5.74) is 4.19. The number of oxime groups is 1. The fourth-order valence-corrected chi connectivity index (χ4v) is 4.72. The highest BCUT2D eigenvalue weighted by Gasteiger charge is 2.55. The molecule has 19 heteroatoms. The number of aromatic nitrogens is 1. The third-order valence-electron chi connectivity index (χ3n) is 4.82. The number of β-lactam (4-membered cyclic amide) rings is 1. The molecule has 2 fully saturated rings. The number of hydrogen-bond acceptors (Lipinski definition) is 14. The molecule has 2 aliphatic heterocycles. The molecular formula is C19H24N6O11S2. The van der Waals surface area contributed by atoms with Gasteiger partial charge in [0.15, 0.2) is 10.8 Å². The molecule has 17 nitrogen and oxygen atoms in total. The van der Waals surface area contributed by atoms with Crippen LogP contribution in [0.2, 0.25) is 0 Å². The van der Waals surface area contributed by atoms with Crippen molar-refractivity contribution in [2.75, 3.05) is 18.9 Å². The van der Waals surface area contributed by atoms with Crippen LogP contribution in [-0.4, -0.2) is 93.5 Å². The van der Waals surface area contributed by atoms with E-state index in [1.165, 1.54) is 5.38 Å². The minimum Gasteiger partial charge on any atom is -0.457 e. The molecule has 0 radical (unpaired) electrons. The Labute approximate surface area is 219 Å². The second kappa shape index (κ2) is 11.0. The van der Waals surface area contributed by atoms with Gasteiger partial charge in [-0.15, -0.1) is 11.3 Å². The maximum absolute atomic E-state index is 13.0. The van der Waals surface area contributed by atoms with Crippen LogP contribution in [0.1, 0.15) is 39.3 Å². The fraction of sp³-hybridized carbons (Fsp3) is 0.526. The molecule has 4 amide bonds. The number of thiazole rings is 1. The Hall–Kier alpha value is -3.68. The van der Waals surface area contributed by atoms with Crippen molar-refractivity contribution in [2.24, 2.45) is 5.16 Å². The Balaban J connectivity index is 1.77. The Morgan fingerprint density at radius 1 is 1.26 bits per heavy atom. The van der Waals surface area contributed by atoms with Crippen LogP contribution in [0, 0.1) is 0 Å². The number of esters is 1. The third-order valence-corrected chi connectivity index (χ3v) is 6.44. The minimum atomic E-state index is -5.08. The van der Waals surface area contributed by atoms with Gasteiger partial charge in [-0.3, -0.25) is 28.6 Å². The predicted octanol–water partition coefficient (Wildman–Crippen LogP) is -1.63. The van der Waals surface area contributed by atoms with E-state index in [0.29, 0.717) is 5.06 Å². The van der Waals surface area contributed by atoms with Gasteiger partial charge in [0, 0.05) is 18.2 Å². The largest absolute Gasteiger partial charge is 0.457 e. The molecule has 2 unspecified atom stereocenters. The highest BCUT2D eigenvalue weighted by atomic mass is 32.2. The van der Waals surface area contributed by atoms with E-state index in [9.17, 15) is 36.9 Å². The second-order valence-corrected chi connectivity index (χ2v) is 11.1. The quantitative estimate of drug-likeness (QED) is 0.0709. The van der Waals surface area contributed by atoms with E-state index in [-0.39, 0.29) is 28.0 Å². The molecule has 38 heavy (non-hydrogen) atoms. The SMILES string of the molecule is CC(C)(C)OC(=O)CO/N=C(/C(=O)NC1C(=O)N(S(=O)(=O)O)C1CON1C(=O)CCC1=O)c1csc(N)n1. The number of carbonyl (C=O) groups is 5. The lowest BCUT2D eigenvalue weighted by atomic mass is 9.99. The van der Waals surface area contributed by atoms with Crippen molar-refractivity contribution in [2.45, 2.75) is 51.3 Å². The van der Waals surface area contributed by atoms with Crippen molar-refractivity contribution in [3.05, 3.63) is 11.1 Å². The summed E-state index contributed by atoms with van der Waals surface area (Å²) in [6.45, 7) is 3.46. The second-order valence-electron chi connectivity index (χ2n) is 8.88. The number of nitrogens with two attached hydrogens (primary N) is 1. The maximum atomic E-state index is 13.0. The van der Waals surface area contributed by atoms with Crippen molar-refractivity contribution < 1.29 is 51.4 Å². The Kier molecular flexibility index (Phi) is 8.34. The number of imide groups is 1. The van der Waals surface area contributed by atoms with Crippen LogP contribution in [0.4, 0.5) is 5.13 Å². The summed E-state index contributed by atoms with van der Waals surface area (Å²) in [6.07, 6.45) is -0.241. The molecular weight excluding hydrogens is 552 g/mol. The van der Waals surface area contributed by atoms with Crippen molar-refractivity contribution in [1.82, 2.24) is 19.7 Å². The average Bonchev–Trinajstić information content (AvgIpc) is 3.34. The zero-order valence-corrected chi connectivity index (χ0v) is 21.9. The third kappa shape index (κ3) is 6.79. The van der Waals surface area contributed by atoms with Crippen LogP contribution in [0.5, 0.6) is 0 Å². The molecule has 0 aromatic carbocycles. The molecule has 2 saturated heterocycles. The van der Waals surface area contributed by atoms with Gasteiger partial charge in [0.25, 0.3) is 23.6 Å². The van der Waals surface area contributed by atoms with Crippen molar-refractivity contribution in [1.29, 1.82) is 0 Å². The molecule has 0 saturated carbocycles. The maximum Gasteiger partial charge on any atom is 0.362 e. The lowest BCUT2D eigenvalue weighted by Gasteiger charge is -2.43. The van der Waals surface area contributed by atoms with Crippen LogP contribution in [0.3, 0.4) is 0 Å². The minimum absolute atomic E-state index is 0.0274. The molecule has 0 aliphatic carbocycles. The Morgan fingerprint density at radius 2 is 1.89 bits per heavy atom. The molecule has 2 atom stereocenters. The van der Waals surface area contributed by atoms with Gasteiger partial charge in [-0.05, 0) is 20.8 Å². The van der Waals surface area contributed by atoms with E-state index in [0.717, 1.165) is 11.3 Å². The van der Waals surface area contributed by atoms with Crippen LogP contribution >= 0.6 is 11.3 Å². The first kappa shape index (κ1) is 28.9. The van der Waals surface area contributed by atoms with Crippen LogP contribution in [-0.2, 0) is 48.7 Å². The first-order chi connectivity index (χ1) is 17.6. The van der Waals surface area contributed by atoms with Gasteiger partial charge in [-0.25, -0.2) is 14.1 Å². The number of nitrogens with zero attached hydrogens (tertiary/aromatic N) is 4. The van der Waals surface area contributed by atoms with Gasteiger partial charge in [-0.1, -0.05) is 5.16 Å². The number of hydrogen-bond donors (Lipinski definition) is 3. The molecule has 0 bridgehead atoms. The average molecular weight is 577 g/mol. The standard InChI is InChI=1S/C19H24N6O11S2/c1-19(2,3)36-13(28)7-34-23-14(9-8-37-18(20)21-9)16(29)22-15-10(25(17(15)30)38(31,32)33)6-35-24-11(26)4-5-12(24)27/h8,10,15H,4-7H2,1-3H3,(H2,20,21)(H,22,29)(H,31,32,33)/b23-14+. The lowest BCUT2D eigenvalue weighted by Crippen LogP contribution is -2.73. The summed E-state index contributed by atoms with van der Waals surface area (Å²) in [6, 6.07) is -3.13. The number of hydroxylamine groups is 2. The molecule has 3 heterocycles. The van der Waals surface area contributed by atoms with Gasteiger partial charge in [-0.2, -0.15) is 13.5 Å². The predicted molar refractivity (Wildman–Crippen MR) is 126 cm³/mol. The molecule has 2 aliphatic rings.